The van der Waals surface area contributed by atoms with Crippen molar-refractivity contribution in [1.82, 2.24) is 4.98 Å². The predicted molar refractivity (Wildman–Crippen MR) is 53.0 cm³/mol. The fourth-order valence-corrected chi connectivity index (χ4v) is 1.50. The Morgan fingerprint density at radius 1 is 1.24 bits per heavy atom. The third kappa shape index (κ3) is 1.71. The number of rotatable bonds is 1. The minimum absolute atomic E-state index is 0.0225. The molecule has 0 aliphatic heterocycles. The van der Waals surface area contributed by atoms with Crippen molar-refractivity contribution in [2.75, 3.05) is 7.11 Å². The molecule has 0 saturated carbocycles. The van der Waals surface area contributed by atoms with Crippen molar-refractivity contribution in [2.45, 2.75) is 0 Å². The highest BCUT2D eigenvalue weighted by molar-refractivity contribution is 6.03. The molecule has 0 radical (unpaired) electrons. The van der Waals surface area contributed by atoms with Gasteiger partial charge in [0.25, 0.3) is 0 Å². The van der Waals surface area contributed by atoms with E-state index in [0.29, 0.717) is 0 Å². The van der Waals surface area contributed by atoms with Crippen LogP contribution in [0.3, 0.4) is 0 Å². The molecule has 2 rings (SSSR count). The summed E-state index contributed by atoms with van der Waals surface area (Å²) in [4.78, 5) is 14.9. The molecule has 17 heavy (non-hydrogen) atoms. The van der Waals surface area contributed by atoms with Gasteiger partial charge in [-0.15, -0.1) is 0 Å². The third-order valence-electron chi connectivity index (χ3n) is 2.27. The molecule has 2 aromatic rings. The second-order valence-electron chi connectivity index (χ2n) is 3.23. The molecule has 0 amide bonds. The Bertz CT molecular complexity index is 608. The van der Waals surface area contributed by atoms with Gasteiger partial charge in [-0.2, -0.15) is 0 Å². The molecule has 1 aromatic heterocycles. The average molecular weight is 241 g/mol. The number of pyridine rings is 1. The molecule has 1 heterocycles. The zero-order chi connectivity index (χ0) is 12.6. The van der Waals surface area contributed by atoms with E-state index in [4.69, 9.17) is 0 Å². The van der Waals surface area contributed by atoms with E-state index in [0.717, 1.165) is 25.4 Å². The van der Waals surface area contributed by atoms with Gasteiger partial charge in [-0.1, -0.05) is 0 Å². The van der Waals surface area contributed by atoms with E-state index in [9.17, 15) is 18.0 Å². The molecule has 0 saturated heterocycles. The van der Waals surface area contributed by atoms with Gasteiger partial charge in [0, 0.05) is 0 Å². The van der Waals surface area contributed by atoms with Gasteiger partial charge in [0.2, 0.25) is 0 Å². The van der Waals surface area contributed by atoms with Crippen LogP contribution in [0.2, 0.25) is 0 Å². The number of aromatic nitrogens is 1. The summed E-state index contributed by atoms with van der Waals surface area (Å²) in [6.45, 7) is 0. The van der Waals surface area contributed by atoms with Gasteiger partial charge in [0.1, 0.15) is 5.56 Å². The molecule has 0 N–H and O–H groups in total. The number of nitrogens with zero attached hydrogens (tertiary/aromatic N) is 1. The maximum Gasteiger partial charge on any atom is 0.341 e. The Hall–Kier alpha value is -2.11. The van der Waals surface area contributed by atoms with E-state index in [2.05, 4.69) is 9.72 Å². The SMILES string of the molecule is COC(=O)c1c(F)cnc2ccc(F)c(F)c12. The van der Waals surface area contributed by atoms with Gasteiger partial charge in [0.05, 0.1) is 24.2 Å². The van der Waals surface area contributed by atoms with Crippen LogP contribution in [0.5, 0.6) is 0 Å². The number of halogens is 3. The van der Waals surface area contributed by atoms with E-state index in [1.54, 1.807) is 0 Å². The number of carbonyl (C=O) groups is 1. The number of methoxy groups -OCH3 is 1. The van der Waals surface area contributed by atoms with Gasteiger partial charge < -0.3 is 4.74 Å². The van der Waals surface area contributed by atoms with E-state index in [1.807, 2.05) is 0 Å². The second kappa shape index (κ2) is 4.04. The van der Waals surface area contributed by atoms with Crippen molar-refractivity contribution >= 4 is 16.9 Å². The molecule has 0 bridgehead atoms. The Morgan fingerprint density at radius 3 is 2.59 bits per heavy atom. The molecular formula is C11H6F3NO2. The maximum absolute atomic E-state index is 13.5. The van der Waals surface area contributed by atoms with Gasteiger partial charge in [0.15, 0.2) is 17.5 Å². The summed E-state index contributed by atoms with van der Waals surface area (Å²) >= 11 is 0. The number of hydrogen-bond donors (Lipinski definition) is 0. The number of fused-ring (bicyclic) bond motifs is 1. The van der Waals surface area contributed by atoms with E-state index < -0.39 is 34.4 Å². The van der Waals surface area contributed by atoms with Crippen LogP contribution in [0.15, 0.2) is 18.3 Å². The quantitative estimate of drug-likeness (QED) is 0.720. The summed E-state index contributed by atoms with van der Waals surface area (Å²) in [5, 5.41) is -0.517. The summed E-state index contributed by atoms with van der Waals surface area (Å²) in [6, 6.07) is 2.00. The normalized spacial score (nSPS) is 10.6. The smallest absolute Gasteiger partial charge is 0.341 e. The molecule has 6 heteroatoms. The van der Waals surface area contributed by atoms with Gasteiger partial charge >= 0.3 is 5.97 Å². The molecule has 0 unspecified atom stereocenters. The highest BCUT2D eigenvalue weighted by atomic mass is 19.2. The Balaban J connectivity index is 2.93. The van der Waals surface area contributed by atoms with Gasteiger partial charge in [-0.3, -0.25) is 4.98 Å². The molecular weight excluding hydrogens is 235 g/mol. The lowest BCUT2D eigenvalue weighted by atomic mass is 10.1. The summed E-state index contributed by atoms with van der Waals surface area (Å²) < 4.78 is 44.3. The molecule has 3 nitrogen and oxygen atoms in total. The summed E-state index contributed by atoms with van der Waals surface area (Å²) in [7, 11) is 1.02. The predicted octanol–water partition coefficient (Wildman–Crippen LogP) is 2.44. The van der Waals surface area contributed by atoms with Crippen LogP contribution in [0.1, 0.15) is 10.4 Å². The lowest BCUT2D eigenvalue weighted by Gasteiger charge is -2.06. The van der Waals surface area contributed by atoms with Crippen molar-refractivity contribution in [3.63, 3.8) is 0 Å². The first kappa shape index (κ1) is 11.4. The van der Waals surface area contributed by atoms with E-state index >= 15 is 0 Å². The summed E-state index contributed by atoms with van der Waals surface area (Å²) in [5.74, 6) is -4.65. The van der Waals surface area contributed by atoms with Gasteiger partial charge in [-0.05, 0) is 12.1 Å². The Kier molecular flexibility index (Phi) is 2.71. The number of esters is 1. The Morgan fingerprint density at radius 2 is 1.94 bits per heavy atom. The fraction of sp³-hybridized carbons (Fsp3) is 0.0909. The number of ether oxygens (including phenoxy) is 1. The van der Waals surface area contributed by atoms with Crippen molar-refractivity contribution in [3.8, 4) is 0 Å². The fourth-order valence-electron chi connectivity index (χ4n) is 1.50. The lowest BCUT2D eigenvalue weighted by molar-refractivity contribution is 0.0597. The van der Waals surface area contributed by atoms with Crippen LogP contribution in [-0.2, 0) is 4.74 Å². The average Bonchev–Trinajstić information content (AvgIpc) is 2.33. The topological polar surface area (TPSA) is 39.2 Å². The van der Waals surface area contributed by atoms with Crippen LogP contribution in [0.4, 0.5) is 13.2 Å². The van der Waals surface area contributed by atoms with Crippen molar-refractivity contribution in [1.29, 1.82) is 0 Å². The minimum Gasteiger partial charge on any atom is -0.465 e. The van der Waals surface area contributed by atoms with Crippen molar-refractivity contribution < 1.29 is 22.7 Å². The number of benzene rings is 1. The molecule has 0 fully saturated rings. The summed E-state index contributed by atoms with van der Waals surface area (Å²) in [6.07, 6.45) is 0.756. The van der Waals surface area contributed by atoms with E-state index in [-0.39, 0.29) is 5.52 Å². The van der Waals surface area contributed by atoms with Crippen LogP contribution < -0.4 is 0 Å². The molecule has 0 aliphatic rings. The van der Waals surface area contributed by atoms with Crippen molar-refractivity contribution in [3.05, 3.63) is 41.3 Å². The van der Waals surface area contributed by atoms with Crippen LogP contribution in [-0.4, -0.2) is 18.1 Å². The first-order valence-corrected chi connectivity index (χ1v) is 4.56. The first-order chi connectivity index (χ1) is 8.06. The standard InChI is InChI=1S/C11H6F3NO2/c1-17-11(16)8-6(13)4-15-7-3-2-5(12)10(14)9(7)8/h2-4H,1H3. The van der Waals surface area contributed by atoms with Crippen LogP contribution in [0, 0.1) is 17.5 Å². The highest BCUT2D eigenvalue weighted by Gasteiger charge is 2.21. The number of carbonyl (C=O) groups excluding carboxylic acids is 1. The second-order valence-corrected chi connectivity index (χ2v) is 3.23. The highest BCUT2D eigenvalue weighted by Crippen LogP contribution is 2.25. The zero-order valence-electron chi connectivity index (χ0n) is 8.63. The molecule has 0 aliphatic carbocycles. The molecule has 0 atom stereocenters. The first-order valence-electron chi connectivity index (χ1n) is 4.56. The van der Waals surface area contributed by atoms with Crippen LogP contribution >= 0.6 is 0 Å². The molecule has 0 spiro atoms. The number of hydrogen-bond acceptors (Lipinski definition) is 3. The van der Waals surface area contributed by atoms with Gasteiger partial charge in [-0.25, -0.2) is 18.0 Å². The summed E-state index contributed by atoms with van der Waals surface area (Å²) in [5.41, 5.74) is -0.680. The molecule has 1 aromatic carbocycles. The third-order valence-corrected chi connectivity index (χ3v) is 2.27. The molecule has 88 valence electrons. The minimum atomic E-state index is -1.32. The van der Waals surface area contributed by atoms with Crippen molar-refractivity contribution in [2.24, 2.45) is 0 Å². The lowest BCUT2D eigenvalue weighted by Crippen LogP contribution is -2.08. The van der Waals surface area contributed by atoms with E-state index in [1.165, 1.54) is 0 Å². The van der Waals surface area contributed by atoms with Crippen LogP contribution in [0.25, 0.3) is 10.9 Å². The zero-order valence-corrected chi connectivity index (χ0v) is 8.63. The largest absolute Gasteiger partial charge is 0.465 e. The monoisotopic (exact) mass is 241 g/mol. The Labute approximate surface area is 93.8 Å². The maximum atomic E-state index is 13.5.